The summed E-state index contributed by atoms with van der Waals surface area (Å²) in [5.74, 6) is 0.641. The zero-order valence-corrected chi connectivity index (χ0v) is 12.3. The van der Waals surface area contributed by atoms with Crippen LogP contribution in [0.5, 0.6) is 0 Å². The molecule has 0 unspecified atom stereocenters. The summed E-state index contributed by atoms with van der Waals surface area (Å²) in [7, 11) is 0. The van der Waals surface area contributed by atoms with Crippen LogP contribution in [0, 0.1) is 5.92 Å². The molecule has 1 amide bonds. The lowest BCUT2D eigenvalue weighted by molar-refractivity contribution is 0.0904. The zero-order chi connectivity index (χ0) is 14.0. The zero-order valence-electron chi connectivity index (χ0n) is 12.3. The molecule has 0 saturated heterocycles. The van der Waals surface area contributed by atoms with Crippen LogP contribution in [0.1, 0.15) is 50.9 Å². The molecule has 1 saturated carbocycles. The first kappa shape index (κ1) is 13.9. The van der Waals surface area contributed by atoms with E-state index in [4.69, 9.17) is 0 Å². The van der Waals surface area contributed by atoms with Gasteiger partial charge in [-0.25, -0.2) is 0 Å². The molecule has 2 N–H and O–H groups in total. The summed E-state index contributed by atoms with van der Waals surface area (Å²) in [6, 6.07) is 8.01. The first-order valence-electron chi connectivity index (χ1n) is 7.08. The molecule has 0 radical (unpaired) electrons. The molecule has 1 aliphatic rings. The van der Waals surface area contributed by atoms with E-state index in [1.807, 2.05) is 24.3 Å². The Bertz CT molecular complexity index is 462. The Labute approximate surface area is 115 Å². The van der Waals surface area contributed by atoms with Crippen molar-refractivity contribution in [2.75, 3.05) is 5.32 Å². The fourth-order valence-electron chi connectivity index (χ4n) is 2.39. The summed E-state index contributed by atoms with van der Waals surface area (Å²) in [5, 5.41) is 6.49. The van der Waals surface area contributed by atoms with Gasteiger partial charge in [0.1, 0.15) is 0 Å². The van der Waals surface area contributed by atoms with E-state index in [0.29, 0.717) is 12.0 Å². The van der Waals surface area contributed by atoms with E-state index >= 15 is 0 Å². The Balaban J connectivity index is 2.14. The van der Waals surface area contributed by atoms with Crippen LogP contribution in [0.3, 0.4) is 0 Å². The monoisotopic (exact) mass is 260 g/mol. The molecule has 0 heterocycles. The van der Waals surface area contributed by atoms with Crippen molar-refractivity contribution in [3.8, 4) is 0 Å². The molecule has 3 heteroatoms. The number of anilines is 1. The van der Waals surface area contributed by atoms with Crippen molar-refractivity contribution in [1.29, 1.82) is 0 Å². The van der Waals surface area contributed by atoms with Gasteiger partial charge in [0.2, 0.25) is 0 Å². The standard InChI is InChI=1S/C16H24N2O/c1-11(2)17-14-8-6-5-7-13(14)15(19)18-16(3,4)12-9-10-12/h5-8,11-12,17H,9-10H2,1-4H3,(H,18,19). The van der Waals surface area contributed by atoms with Gasteiger partial charge in [0.25, 0.3) is 5.91 Å². The molecule has 1 aromatic rings. The Kier molecular flexibility index (Phi) is 3.83. The average molecular weight is 260 g/mol. The molecule has 19 heavy (non-hydrogen) atoms. The SMILES string of the molecule is CC(C)Nc1ccccc1C(=O)NC(C)(C)C1CC1. The van der Waals surface area contributed by atoms with Gasteiger partial charge >= 0.3 is 0 Å². The van der Waals surface area contributed by atoms with Crippen LogP contribution in [0.4, 0.5) is 5.69 Å². The minimum absolute atomic E-state index is 0.0145. The van der Waals surface area contributed by atoms with Crippen molar-refractivity contribution in [2.45, 2.75) is 52.1 Å². The van der Waals surface area contributed by atoms with Crippen LogP contribution in [-0.4, -0.2) is 17.5 Å². The van der Waals surface area contributed by atoms with Crippen molar-refractivity contribution in [1.82, 2.24) is 5.32 Å². The van der Waals surface area contributed by atoms with E-state index in [0.717, 1.165) is 11.3 Å². The van der Waals surface area contributed by atoms with Crippen LogP contribution in [0.25, 0.3) is 0 Å². The Hall–Kier alpha value is -1.51. The average Bonchev–Trinajstić information content (AvgIpc) is 3.12. The molecule has 1 aliphatic carbocycles. The maximum Gasteiger partial charge on any atom is 0.253 e. The predicted molar refractivity (Wildman–Crippen MR) is 79.5 cm³/mol. The lowest BCUT2D eigenvalue weighted by atomic mass is 9.98. The summed E-state index contributed by atoms with van der Waals surface area (Å²) in [6.07, 6.45) is 2.44. The molecule has 0 aliphatic heterocycles. The first-order valence-corrected chi connectivity index (χ1v) is 7.08. The number of carbonyl (C=O) groups is 1. The molecule has 1 aromatic carbocycles. The fourth-order valence-corrected chi connectivity index (χ4v) is 2.39. The van der Waals surface area contributed by atoms with E-state index in [1.54, 1.807) is 0 Å². The number of hydrogen-bond donors (Lipinski definition) is 2. The Morgan fingerprint density at radius 1 is 1.26 bits per heavy atom. The van der Waals surface area contributed by atoms with Gasteiger partial charge in [-0.3, -0.25) is 4.79 Å². The second-order valence-corrected chi connectivity index (χ2v) is 6.29. The Morgan fingerprint density at radius 3 is 2.47 bits per heavy atom. The molecule has 0 atom stereocenters. The molecule has 104 valence electrons. The van der Waals surface area contributed by atoms with Crippen molar-refractivity contribution in [2.24, 2.45) is 5.92 Å². The quantitative estimate of drug-likeness (QED) is 0.851. The van der Waals surface area contributed by atoms with Crippen LogP contribution in [0.2, 0.25) is 0 Å². The molecular weight excluding hydrogens is 236 g/mol. The van der Waals surface area contributed by atoms with Crippen molar-refractivity contribution < 1.29 is 4.79 Å². The number of carbonyl (C=O) groups excluding carboxylic acids is 1. The van der Waals surface area contributed by atoms with Gasteiger partial charge in [-0.2, -0.15) is 0 Å². The summed E-state index contributed by atoms with van der Waals surface area (Å²) >= 11 is 0. The molecule has 0 spiro atoms. The number of amides is 1. The highest BCUT2D eigenvalue weighted by molar-refractivity contribution is 6.00. The number of benzene rings is 1. The third-order valence-electron chi connectivity index (χ3n) is 3.65. The third kappa shape index (κ3) is 3.49. The lowest BCUT2D eigenvalue weighted by Crippen LogP contribution is -2.45. The minimum Gasteiger partial charge on any atom is -0.382 e. The minimum atomic E-state index is -0.109. The summed E-state index contributed by atoms with van der Waals surface area (Å²) in [5.41, 5.74) is 1.52. The first-order chi connectivity index (χ1) is 8.90. The van der Waals surface area contributed by atoms with Crippen molar-refractivity contribution in [3.05, 3.63) is 29.8 Å². The second kappa shape index (κ2) is 5.24. The number of rotatable bonds is 5. The van der Waals surface area contributed by atoms with Gasteiger partial charge in [-0.15, -0.1) is 0 Å². The highest BCUT2D eigenvalue weighted by Gasteiger charge is 2.39. The van der Waals surface area contributed by atoms with E-state index in [1.165, 1.54) is 12.8 Å². The van der Waals surface area contributed by atoms with Crippen LogP contribution >= 0.6 is 0 Å². The smallest absolute Gasteiger partial charge is 0.253 e. The van der Waals surface area contributed by atoms with Gasteiger partial charge in [-0.05, 0) is 58.6 Å². The van der Waals surface area contributed by atoms with Gasteiger partial charge in [-0.1, -0.05) is 12.1 Å². The van der Waals surface area contributed by atoms with E-state index < -0.39 is 0 Å². The molecule has 1 fully saturated rings. The molecule has 0 aromatic heterocycles. The van der Waals surface area contributed by atoms with E-state index in [9.17, 15) is 4.79 Å². The van der Waals surface area contributed by atoms with E-state index in [2.05, 4.69) is 38.3 Å². The third-order valence-corrected chi connectivity index (χ3v) is 3.65. The molecular formula is C16H24N2O. The largest absolute Gasteiger partial charge is 0.382 e. The number of hydrogen-bond acceptors (Lipinski definition) is 2. The maximum absolute atomic E-state index is 12.4. The lowest BCUT2D eigenvalue weighted by Gasteiger charge is -2.27. The maximum atomic E-state index is 12.4. The van der Waals surface area contributed by atoms with Gasteiger partial charge in [0.15, 0.2) is 0 Å². The number of para-hydroxylation sites is 1. The van der Waals surface area contributed by atoms with Gasteiger partial charge in [0, 0.05) is 17.3 Å². The number of nitrogens with one attached hydrogen (secondary N) is 2. The Morgan fingerprint density at radius 2 is 1.89 bits per heavy atom. The molecule has 3 nitrogen and oxygen atoms in total. The van der Waals surface area contributed by atoms with E-state index in [-0.39, 0.29) is 11.4 Å². The highest BCUT2D eigenvalue weighted by atomic mass is 16.1. The topological polar surface area (TPSA) is 41.1 Å². The second-order valence-electron chi connectivity index (χ2n) is 6.29. The van der Waals surface area contributed by atoms with Crippen LogP contribution in [-0.2, 0) is 0 Å². The molecule has 0 bridgehead atoms. The summed E-state index contributed by atoms with van der Waals surface area (Å²) in [4.78, 5) is 12.4. The predicted octanol–water partition coefficient (Wildman–Crippen LogP) is 3.43. The summed E-state index contributed by atoms with van der Waals surface area (Å²) < 4.78 is 0. The van der Waals surface area contributed by atoms with Crippen LogP contribution < -0.4 is 10.6 Å². The highest BCUT2D eigenvalue weighted by Crippen LogP contribution is 2.39. The van der Waals surface area contributed by atoms with Crippen molar-refractivity contribution in [3.63, 3.8) is 0 Å². The summed E-state index contributed by atoms with van der Waals surface area (Å²) in [6.45, 7) is 8.37. The van der Waals surface area contributed by atoms with Gasteiger partial charge in [0.05, 0.1) is 5.56 Å². The molecule has 2 rings (SSSR count). The van der Waals surface area contributed by atoms with Crippen molar-refractivity contribution >= 4 is 11.6 Å². The normalized spacial score (nSPS) is 15.4. The fraction of sp³-hybridized carbons (Fsp3) is 0.562. The van der Waals surface area contributed by atoms with Gasteiger partial charge < -0.3 is 10.6 Å². The van der Waals surface area contributed by atoms with Crippen LogP contribution in [0.15, 0.2) is 24.3 Å².